The number of carbonyl (C=O) groups is 2. The Morgan fingerprint density at radius 2 is 2.10 bits per heavy atom. The molecule has 0 radical (unpaired) electrons. The van der Waals surface area contributed by atoms with Crippen molar-refractivity contribution in [1.29, 1.82) is 0 Å². The van der Waals surface area contributed by atoms with Crippen LogP contribution in [0.4, 0.5) is 11.4 Å². The van der Waals surface area contributed by atoms with Crippen LogP contribution in [0.2, 0.25) is 0 Å². The summed E-state index contributed by atoms with van der Waals surface area (Å²) in [7, 11) is 0. The molecular formula is C13H11N3O5. The van der Waals surface area contributed by atoms with Gasteiger partial charge in [-0.05, 0) is 12.1 Å². The molecule has 8 nitrogen and oxygen atoms in total. The zero-order valence-corrected chi connectivity index (χ0v) is 10.7. The van der Waals surface area contributed by atoms with Gasteiger partial charge in [-0.25, -0.2) is 0 Å². The van der Waals surface area contributed by atoms with Crippen molar-refractivity contribution in [3.8, 4) is 0 Å². The lowest BCUT2D eigenvalue weighted by Gasteiger charge is -2.06. The molecule has 2 aromatic rings. The molecule has 2 amide bonds. The van der Waals surface area contributed by atoms with E-state index < -0.39 is 16.7 Å². The SMILES string of the molecule is O=C(CNC(=O)c1ccoc1)Nc1cccc([N+](=O)[O-])c1. The fourth-order valence-corrected chi connectivity index (χ4v) is 1.56. The Hall–Kier alpha value is -3.16. The number of nitrogens with one attached hydrogen (secondary N) is 2. The van der Waals surface area contributed by atoms with Gasteiger partial charge in [0.05, 0.1) is 23.3 Å². The number of hydrogen-bond acceptors (Lipinski definition) is 5. The van der Waals surface area contributed by atoms with Gasteiger partial charge in [-0.1, -0.05) is 6.07 Å². The van der Waals surface area contributed by atoms with Crippen molar-refractivity contribution in [3.63, 3.8) is 0 Å². The molecule has 0 bridgehead atoms. The van der Waals surface area contributed by atoms with Crippen LogP contribution in [0.25, 0.3) is 0 Å². The van der Waals surface area contributed by atoms with Gasteiger partial charge < -0.3 is 15.1 Å². The zero-order chi connectivity index (χ0) is 15.2. The van der Waals surface area contributed by atoms with E-state index in [-0.39, 0.29) is 17.9 Å². The Balaban J connectivity index is 1.89. The maximum absolute atomic E-state index is 11.6. The predicted octanol–water partition coefficient (Wildman–Crippen LogP) is 1.56. The number of benzene rings is 1. The third-order valence-corrected chi connectivity index (χ3v) is 2.53. The van der Waals surface area contributed by atoms with Gasteiger partial charge in [0.15, 0.2) is 0 Å². The molecule has 0 atom stereocenters. The van der Waals surface area contributed by atoms with Gasteiger partial charge in [0, 0.05) is 17.8 Å². The monoisotopic (exact) mass is 289 g/mol. The maximum atomic E-state index is 11.6. The molecule has 0 unspecified atom stereocenters. The molecular weight excluding hydrogens is 278 g/mol. The number of nitro benzene ring substituents is 1. The summed E-state index contributed by atoms with van der Waals surface area (Å²) in [6, 6.07) is 6.99. The number of amides is 2. The number of rotatable bonds is 5. The number of hydrogen-bond donors (Lipinski definition) is 2. The van der Waals surface area contributed by atoms with E-state index in [1.54, 1.807) is 0 Å². The van der Waals surface area contributed by atoms with Crippen LogP contribution in [0.15, 0.2) is 47.3 Å². The summed E-state index contributed by atoms with van der Waals surface area (Å²) in [5.74, 6) is -0.940. The molecule has 0 saturated carbocycles. The molecule has 108 valence electrons. The largest absolute Gasteiger partial charge is 0.472 e. The van der Waals surface area contributed by atoms with Crippen molar-refractivity contribution in [2.24, 2.45) is 0 Å². The Labute approximate surface area is 118 Å². The minimum absolute atomic E-state index is 0.129. The van der Waals surface area contributed by atoms with Crippen molar-refractivity contribution >= 4 is 23.2 Å². The molecule has 2 N–H and O–H groups in total. The van der Waals surface area contributed by atoms with E-state index in [1.807, 2.05) is 0 Å². The summed E-state index contributed by atoms with van der Waals surface area (Å²) in [5.41, 5.74) is 0.458. The molecule has 1 heterocycles. The average Bonchev–Trinajstić information content (AvgIpc) is 2.99. The second-order valence-corrected chi connectivity index (χ2v) is 4.05. The fraction of sp³-hybridized carbons (Fsp3) is 0.0769. The molecule has 1 aromatic heterocycles. The van der Waals surface area contributed by atoms with E-state index in [2.05, 4.69) is 10.6 Å². The second kappa shape index (κ2) is 6.33. The van der Waals surface area contributed by atoms with Crippen LogP contribution in [0.5, 0.6) is 0 Å². The highest BCUT2D eigenvalue weighted by Gasteiger charge is 2.10. The Morgan fingerprint density at radius 1 is 1.29 bits per heavy atom. The minimum atomic E-state index is -0.559. The minimum Gasteiger partial charge on any atom is -0.472 e. The molecule has 0 fully saturated rings. The van der Waals surface area contributed by atoms with Crippen LogP contribution < -0.4 is 10.6 Å². The summed E-state index contributed by atoms with van der Waals surface area (Å²) >= 11 is 0. The Bertz CT molecular complexity index is 666. The van der Waals surface area contributed by atoms with E-state index in [1.165, 1.54) is 42.9 Å². The number of non-ortho nitro benzene ring substituents is 1. The van der Waals surface area contributed by atoms with Gasteiger partial charge in [0.2, 0.25) is 5.91 Å². The summed E-state index contributed by atoms with van der Waals surface area (Å²) in [4.78, 5) is 33.3. The summed E-state index contributed by atoms with van der Waals surface area (Å²) in [6.07, 6.45) is 2.60. The molecule has 0 saturated heterocycles. The van der Waals surface area contributed by atoms with Crippen LogP contribution in [-0.2, 0) is 4.79 Å². The van der Waals surface area contributed by atoms with E-state index in [0.29, 0.717) is 5.56 Å². The molecule has 0 aliphatic heterocycles. The first kappa shape index (κ1) is 14.3. The summed E-state index contributed by atoms with van der Waals surface area (Å²) < 4.78 is 4.75. The van der Waals surface area contributed by atoms with Crippen LogP contribution >= 0.6 is 0 Å². The molecule has 0 spiro atoms. The highest BCUT2D eigenvalue weighted by molar-refractivity contribution is 5.99. The number of nitro groups is 1. The predicted molar refractivity (Wildman–Crippen MR) is 72.8 cm³/mol. The molecule has 0 aliphatic carbocycles. The lowest BCUT2D eigenvalue weighted by Crippen LogP contribution is -2.32. The van der Waals surface area contributed by atoms with Crippen molar-refractivity contribution in [2.75, 3.05) is 11.9 Å². The Morgan fingerprint density at radius 3 is 2.76 bits per heavy atom. The number of carbonyl (C=O) groups excluding carboxylic acids is 2. The highest BCUT2D eigenvalue weighted by Crippen LogP contribution is 2.16. The van der Waals surface area contributed by atoms with E-state index in [4.69, 9.17) is 4.42 Å². The first-order chi connectivity index (χ1) is 10.1. The van der Waals surface area contributed by atoms with Gasteiger partial charge in [0.25, 0.3) is 11.6 Å². The topological polar surface area (TPSA) is 114 Å². The number of nitrogens with zero attached hydrogens (tertiary/aromatic N) is 1. The van der Waals surface area contributed by atoms with Crippen LogP contribution in [-0.4, -0.2) is 23.3 Å². The number of furan rings is 1. The lowest BCUT2D eigenvalue weighted by molar-refractivity contribution is -0.384. The molecule has 21 heavy (non-hydrogen) atoms. The van der Waals surface area contributed by atoms with Gasteiger partial charge in [-0.3, -0.25) is 19.7 Å². The standard InChI is InChI=1S/C13H11N3O5/c17-12(7-14-13(18)9-4-5-21-8-9)15-10-2-1-3-11(6-10)16(19)20/h1-6,8H,7H2,(H,14,18)(H,15,17). The average molecular weight is 289 g/mol. The third kappa shape index (κ3) is 3.90. The zero-order valence-electron chi connectivity index (χ0n) is 10.7. The van der Waals surface area contributed by atoms with Gasteiger partial charge in [-0.2, -0.15) is 0 Å². The van der Waals surface area contributed by atoms with Crippen molar-refractivity contribution < 1.29 is 18.9 Å². The van der Waals surface area contributed by atoms with Crippen molar-refractivity contribution in [1.82, 2.24) is 5.32 Å². The van der Waals surface area contributed by atoms with Crippen LogP contribution in [0, 0.1) is 10.1 Å². The highest BCUT2D eigenvalue weighted by atomic mass is 16.6. The summed E-state index contributed by atoms with van der Waals surface area (Å²) in [6.45, 7) is -0.257. The van der Waals surface area contributed by atoms with E-state index >= 15 is 0 Å². The molecule has 1 aromatic carbocycles. The van der Waals surface area contributed by atoms with Gasteiger partial charge in [0.1, 0.15) is 6.26 Å². The third-order valence-electron chi connectivity index (χ3n) is 2.53. The first-order valence-corrected chi connectivity index (χ1v) is 5.91. The quantitative estimate of drug-likeness (QED) is 0.640. The molecule has 0 aliphatic rings. The van der Waals surface area contributed by atoms with Gasteiger partial charge in [-0.15, -0.1) is 0 Å². The van der Waals surface area contributed by atoms with E-state index in [9.17, 15) is 19.7 Å². The van der Waals surface area contributed by atoms with Crippen molar-refractivity contribution in [3.05, 3.63) is 58.5 Å². The Kier molecular flexibility index (Phi) is 4.30. The lowest BCUT2D eigenvalue weighted by atomic mass is 10.3. The van der Waals surface area contributed by atoms with E-state index in [0.717, 1.165) is 0 Å². The molecule has 8 heteroatoms. The second-order valence-electron chi connectivity index (χ2n) is 4.05. The maximum Gasteiger partial charge on any atom is 0.271 e. The normalized spacial score (nSPS) is 9.90. The number of anilines is 1. The van der Waals surface area contributed by atoms with Crippen molar-refractivity contribution in [2.45, 2.75) is 0 Å². The summed E-state index contributed by atoms with van der Waals surface area (Å²) in [5, 5.41) is 15.5. The smallest absolute Gasteiger partial charge is 0.271 e. The van der Waals surface area contributed by atoms with Crippen LogP contribution in [0.3, 0.4) is 0 Å². The van der Waals surface area contributed by atoms with Crippen LogP contribution in [0.1, 0.15) is 10.4 Å². The first-order valence-electron chi connectivity index (χ1n) is 5.91. The van der Waals surface area contributed by atoms with Gasteiger partial charge >= 0.3 is 0 Å². The fourth-order valence-electron chi connectivity index (χ4n) is 1.56. The molecule has 2 rings (SSSR count).